The lowest BCUT2D eigenvalue weighted by Crippen LogP contribution is -2.28. The molecule has 29 heavy (non-hydrogen) atoms. The van der Waals surface area contributed by atoms with Crippen molar-refractivity contribution in [1.29, 1.82) is 0 Å². The molecular formula is C22H19N5O2. The summed E-state index contributed by atoms with van der Waals surface area (Å²) in [4.78, 5) is 24.9. The van der Waals surface area contributed by atoms with Gasteiger partial charge in [0.2, 0.25) is 5.91 Å². The number of aryl methyl sites for hydroxylation is 1. The lowest BCUT2D eigenvalue weighted by molar-refractivity contribution is -0.117. The van der Waals surface area contributed by atoms with Gasteiger partial charge in [0.15, 0.2) is 5.65 Å². The number of rotatable bonds is 4. The monoisotopic (exact) mass is 385 g/mol. The van der Waals surface area contributed by atoms with Crippen LogP contribution in [0.3, 0.4) is 0 Å². The molecule has 0 aliphatic rings. The van der Waals surface area contributed by atoms with Crippen molar-refractivity contribution in [2.45, 2.75) is 20.0 Å². The molecule has 3 heterocycles. The Hall–Kier alpha value is -3.87. The number of amides is 1. The largest absolute Gasteiger partial charge is 0.350 e. The normalized spacial score (nSPS) is 11.5. The zero-order valence-electron chi connectivity index (χ0n) is 15.9. The highest BCUT2D eigenvalue weighted by Crippen LogP contribution is 2.30. The van der Waals surface area contributed by atoms with Gasteiger partial charge in [0.1, 0.15) is 6.54 Å². The number of hydrogen-bond acceptors (Lipinski definition) is 3. The minimum atomic E-state index is -0.336. The van der Waals surface area contributed by atoms with Crippen molar-refractivity contribution in [2.24, 2.45) is 0 Å². The summed E-state index contributed by atoms with van der Waals surface area (Å²) in [6.07, 6.45) is 1.64. The third-order valence-electron chi connectivity index (χ3n) is 5.15. The van der Waals surface area contributed by atoms with E-state index in [9.17, 15) is 9.59 Å². The van der Waals surface area contributed by atoms with Crippen molar-refractivity contribution in [3.63, 3.8) is 0 Å². The van der Waals surface area contributed by atoms with E-state index in [2.05, 4.69) is 34.0 Å². The molecule has 0 saturated heterocycles. The first-order valence-electron chi connectivity index (χ1n) is 9.51. The summed E-state index contributed by atoms with van der Waals surface area (Å²) in [6, 6.07) is 19.4. The van der Waals surface area contributed by atoms with Crippen molar-refractivity contribution in [3.8, 4) is 0 Å². The van der Waals surface area contributed by atoms with Crippen LogP contribution in [0.5, 0.6) is 0 Å². The molecule has 1 amide bonds. The van der Waals surface area contributed by atoms with Crippen LogP contribution in [-0.2, 0) is 17.9 Å². The Morgan fingerprint density at radius 2 is 1.79 bits per heavy atom. The second-order valence-electron chi connectivity index (χ2n) is 6.91. The number of carbonyl (C=O) groups excluding carboxylic acids is 1. The Bertz CT molecular complexity index is 1440. The Balaban J connectivity index is 1.46. The molecule has 7 heteroatoms. The van der Waals surface area contributed by atoms with Crippen molar-refractivity contribution in [1.82, 2.24) is 18.7 Å². The number of hydrogen-bond donors (Lipinski definition) is 1. The molecule has 0 atom stereocenters. The van der Waals surface area contributed by atoms with Gasteiger partial charge in [0.25, 0.3) is 0 Å². The van der Waals surface area contributed by atoms with Crippen LogP contribution in [0, 0.1) is 0 Å². The molecule has 0 fully saturated rings. The van der Waals surface area contributed by atoms with Crippen molar-refractivity contribution >= 4 is 39.0 Å². The van der Waals surface area contributed by atoms with Gasteiger partial charge in [-0.05, 0) is 43.3 Å². The van der Waals surface area contributed by atoms with Crippen LogP contribution >= 0.6 is 0 Å². The fraction of sp³-hybridized carbons (Fsp3) is 0.136. The maximum absolute atomic E-state index is 12.5. The number of fused-ring (bicyclic) bond motifs is 4. The molecule has 0 spiro atoms. The van der Waals surface area contributed by atoms with Gasteiger partial charge < -0.3 is 9.88 Å². The van der Waals surface area contributed by atoms with E-state index in [0.29, 0.717) is 11.3 Å². The second-order valence-corrected chi connectivity index (χ2v) is 6.91. The number of anilines is 1. The molecule has 144 valence electrons. The topological polar surface area (TPSA) is 73.3 Å². The number of nitrogens with zero attached hydrogens (tertiary/aromatic N) is 4. The highest BCUT2D eigenvalue weighted by atomic mass is 16.2. The van der Waals surface area contributed by atoms with Crippen LogP contribution in [0.15, 0.2) is 71.7 Å². The van der Waals surface area contributed by atoms with E-state index in [4.69, 9.17) is 0 Å². The first-order valence-corrected chi connectivity index (χ1v) is 9.51. The van der Waals surface area contributed by atoms with E-state index in [1.54, 1.807) is 24.4 Å². The van der Waals surface area contributed by atoms with Gasteiger partial charge in [0, 0.05) is 40.2 Å². The Morgan fingerprint density at radius 3 is 2.62 bits per heavy atom. The predicted octanol–water partition coefficient (Wildman–Crippen LogP) is 3.26. The molecule has 0 radical (unpaired) electrons. The zero-order valence-corrected chi connectivity index (χ0v) is 15.9. The lowest BCUT2D eigenvalue weighted by atomic mass is 10.1. The first-order chi connectivity index (χ1) is 14.2. The Morgan fingerprint density at radius 1 is 1.00 bits per heavy atom. The summed E-state index contributed by atoms with van der Waals surface area (Å²) in [6.45, 7) is 2.84. The van der Waals surface area contributed by atoms with Gasteiger partial charge in [-0.1, -0.05) is 24.3 Å². The van der Waals surface area contributed by atoms with Crippen molar-refractivity contribution in [3.05, 3.63) is 77.3 Å². The highest BCUT2D eigenvalue weighted by molar-refractivity contribution is 6.09. The van der Waals surface area contributed by atoms with Crippen LogP contribution in [0.4, 0.5) is 5.69 Å². The van der Waals surface area contributed by atoms with E-state index in [0.717, 1.165) is 22.8 Å². The molecule has 2 aromatic carbocycles. The maximum atomic E-state index is 12.5. The smallest absolute Gasteiger partial charge is 0.341 e. The second kappa shape index (κ2) is 6.63. The van der Waals surface area contributed by atoms with Crippen LogP contribution in [0.2, 0.25) is 0 Å². The number of carbonyl (C=O) groups is 1. The van der Waals surface area contributed by atoms with Crippen LogP contribution in [-0.4, -0.2) is 24.7 Å². The van der Waals surface area contributed by atoms with Gasteiger partial charge >= 0.3 is 5.69 Å². The fourth-order valence-corrected chi connectivity index (χ4v) is 3.88. The van der Waals surface area contributed by atoms with Crippen LogP contribution < -0.4 is 11.0 Å². The number of pyridine rings is 1. The van der Waals surface area contributed by atoms with E-state index in [1.165, 1.54) is 14.6 Å². The number of benzene rings is 2. The van der Waals surface area contributed by atoms with E-state index >= 15 is 0 Å². The summed E-state index contributed by atoms with van der Waals surface area (Å²) in [5.74, 6) is -0.297. The van der Waals surface area contributed by atoms with Crippen molar-refractivity contribution < 1.29 is 4.79 Å². The first kappa shape index (κ1) is 17.2. The molecule has 7 nitrogen and oxygen atoms in total. The van der Waals surface area contributed by atoms with Gasteiger partial charge in [-0.2, -0.15) is 0 Å². The van der Waals surface area contributed by atoms with E-state index in [1.807, 2.05) is 30.3 Å². The summed E-state index contributed by atoms with van der Waals surface area (Å²) >= 11 is 0. The molecule has 1 N–H and O–H groups in total. The van der Waals surface area contributed by atoms with Gasteiger partial charge in [-0.3, -0.25) is 9.20 Å². The Labute approximate surface area is 165 Å². The SMILES string of the molecule is CCn1c2ccccc2c2cc(NC(=O)Cn3nc4ccccn4c3=O)ccc21. The molecule has 5 rings (SSSR count). The average molecular weight is 385 g/mol. The minimum Gasteiger partial charge on any atom is -0.341 e. The number of aromatic nitrogens is 4. The lowest BCUT2D eigenvalue weighted by Gasteiger charge is -2.06. The van der Waals surface area contributed by atoms with Gasteiger partial charge in [0.05, 0.1) is 0 Å². The van der Waals surface area contributed by atoms with E-state index < -0.39 is 0 Å². The van der Waals surface area contributed by atoms with Crippen LogP contribution in [0.25, 0.3) is 27.5 Å². The number of nitrogens with one attached hydrogen (secondary N) is 1. The minimum absolute atomic E-state index is 0.144. The highest BCUT2D eigenvalue weighted by Gasteiger charge is 2.13. The Kier molecular flexibility index (Phi) is 3.94. The number of para-hydroxylation sites is 1. The van der Waals surface area contributed by atoms with Crippen LogP contribution in [0.1, 0.15) is 6.92 Å². The van der Waals surface area contributed by atoms with Crippen molar-refractivity contribution in [2.75, 3.05) is 5.32 Å². The molecular weight excluding hydrogens is 366 g/mol. The summed E-state index contributed by atoms with van der Waals surface area (Å²) in [5.41, 5.74) is 3.17. The standard InChI is InChI=1S/C22H19N5O2/c1-2-25-18-8-4-3-7-16(18)17-13-15(10-11-19(17)25)23-21(28)14-27-22(29)26-12-6-5-9-20(26)24-27/h3-13H,2,14H2,1H3,(H,23,28). The summed E-state index contributed by atoms with van der Waals surface area (Å²) in [7, 11) is 0. The predicted molar refractivity (Wildman–Crippen MR) is 113 cm³/mol. The average Bonchev–Trinajstić information content (AvgIpc) is 3.22. The third-order valence-corrected chi connectivity index (χ3v) is 5.15. The third kappa shape index (κ3) is 2.79. The molecule has 0 aliphatic carbocycles. The molecule has 0 unspecified atom stereocenters. The zero-order chi connectivity index (χ0) is 20.0. The van der Waals surface area contributed by atoms with Gasteiger partial charge in [-0.25, -0.2) is 9.48 Å². The summed E-state index contributed by atoms with van der Waals surface area (Å²) in [5, 5.41) is 9.33. The fourth-order valence-electron chi connectivity index (χ4n) is 3.88. The molecule has 5 aromatic rings. The molecule has 0 bridgehead atoms. The molecule has 3 aromatic heterocycles. The maximum Gasteiger partial charge on any atom is 0.350 e. The van der Waals surface area contributed by atoms with E-state index in [-0.39, 0.29) is 18.1 Å². The molecule has 0 saturated carbocycles. The molecule has 0 aliphatic heterocycles. The van der Waals surface area contributed by atoms with Gasteiger partial charge in [-0.15, -0.1) is 5.10 Å². The quantitative estimate of drug-likeness (QED) is 0.516. The summed E-state index contributed by atoms with van der Waals surface area (Å²) < 4.78 is 4.84.